The highest BCUT2D eigenvalue weighted by atomic mass is 35.5. The zero-order valence-corrected chi connectivity index (χ0v) is 18.3. The van der Waals surface area contributed by atoms with Crippen molar-refractivity contribution in [1.82, 2.24) is 5.43 Å². The molecular formula is C23H17Cl2N3O4. The molecule has 0 aliphatic rings. The van der Waals surface area contributed by atoms with Crippen molar-refractivity contribution in [1.29, 1.82) is 0 Å². The van der Waals surface area contributed by atoms with Gasteiger partial charge >= 0.3 is 17.8 Å². The third kappa shape index (κ3) is 6.16. The number of aryl methyl sites for hydroxylation is 1. The zero-order chi connectivity index (χ0) is 23.1. The highest BCUT2D eigenvalue weighted by molar-refractivity contribution is 6.42. The molecule has 0 atom stereocenters. The summed E-state index contributed by atoms with van der Waals surface area (Å²) in [7, 11) is 0. The fourth-order valence-corrected chi connectivity index (χ4v) is 2.91. The van der Waals surface area contributed by atoms with Crippen molar-refractivity contribution in [3.8, 4) is 5.75 Å². The lowest BCUT2D eigenvalue weighted by Crippen LogP contribution is -2.32. The third-order valence-electron chi connectivity index (χ3n) is 4.22. The molecule has 32 heavy (non-hydrogen) atoms. The molecule has 0 aromatic heterocycles. The Morgan fingerprint density at radius 2 is 1.66 bits per heavy atom. The molecule has 0 radical (unpaired) electrons. The second-order valence-corrected chi connectivity index (χ2v) is 7.39. The number of ether oxygens (including phenoxy) is 1. The van der Waals surface area contributed by atoms with E-state index in [0.717, 1.165) is 5.56 Å². The lowest BCUT2D eigenvalue weighted by atomic mass is 10.1. The Labute approximate surface area is 194 Å². The van der Waals surface area contributed by atoms with Gasteiger partial charge in [-0.3, -0.25) is 9.59 Å². The Morgan fingerprint density at radius 3 is 2.38 bits per heavy atom. The maximum absolute atomic E-state index is 12.3. The van der Waals surface area contributed by atoms with Crippen LogP contribution in [0.3, 0.4) is 0 Å². The number of rotatable bonds is 5. The third-order valence-corrected chi connectivity index (χ3v) is 4.78. The van der Waals surface area contributed by atoms with E-state index in [2.05, 4.69) is 15.8 Å². The van der Waals surface area contributed by atoms with E-state index in [1.165, 1.54) is 18.3 Å². The van der Waals surface area contributed by atoms with Gasteiger partial charge in [0.25, 0.3) is 0 Å². The lowest BCUT2D eigenvalue weighted by molar-refractivity contribution is -0.136. The summed E-state index contributed by atoms with van der Waals surface area (Å²) < 4.78 is 5.36. The summed E-state index contributed by atoms with van der Waals surface area (Å²) in [5.41, 5.74) is 4.24. The largest absolute Gasteiger partial charge is 0.423 e. The van der Waals surface area contributed by atoms with E-state index in [0.29, 0.717) is 21.9 Å². The predicted octanol–water partition coefficient (Wildman–Crippen LogP) is 4.61. The molecule has 0 bridgehead atoms. The summed E-state index contributed by atoms with van der Waals surface area (Å²) in [6, 6.07) is 18.1. The highest BCUT2D eigenvalue weighted by Gasteiger charge is 2.15. The summed E-state index contributed by atoms with van der Waals surface area (Å²) in [6.45, 7) is 1.83. The molecule has 3 rings (SSSR count). The molecule has 0 spiro atoms. The minimum atomic E-state index is -0.985. The van der Waals surface area contributed by atoms with E-state index in [9.17, 15) is 14.4 Å². The standard InChI is InChI=1S/C23H17Cl2N3O4/c1-14-4-2-3-5-18(14)23(31)32-17-9-6-15(7-10-17)13-26-28-22(30)21(29)27-20-12-16(24)8-11-19(20)25/h2-13H,1H3,(H,27,29)(H,28,30)/b26-13-. The van der Waals surface area contributed by atoms with Crippen LogP contribution in [0.5, 0.6) is 5.75 Å². The predicted molar refractivity (Wildman–Crippen MR) is 123 cm³/mol. The second kappa shape index (κ2) is 10.6. The molecule has 3 aromatic rings. The number of hydrogen-bond acceptors (Lipinski definition) is 5. The fraction of sp³-hybridized carbons (Fsp3) is 0.0435. The van der Waals surface area contributed by atoms with Crippen LogP contribution >= 0.6 is 23.2 Å². The summed E-state index contributed by atoms with van der Waals surface area (Å²) in [6.07, 6.45) is 1.34. The number of carbonyl (C=O) groups is 3. The summed E-state index contributed by atoms with van der Waals surface area (Å²) in [4.78, 5) is 36.1. The summed E-state index contributed by atoms with van der Waals surface area (Å²) in [5.74, 6) is -2.04. The van der Waals surface area contributed by atoms with Gasteiger partial charge in [-0.2, -0.15) is 5.10 Å². The highest BCUT2D eigenvalue weighted by Crippen LogP contribution is 2.25. The molecule has 0 heterocycles. The van der Waals surface area contributed by atoms with E-state index in [-0.39, 0.29) is 10.7 Å². The number of carbonyl (C=O) groups excluding carboxylic acids is 3. The number of amides is 2. The van der Waals surface area contributed by atoms with Gasteiger partial charge in [-0.1, -0.05) is 41.4 Å². The number of nitrogens with one attached hydrogen (secondary N) is 2. The first kappa shape index (κ1) is 23.0. The number of benzene rings is 3. The fourth-order valence-electron chi connectivity index (χ4n) is 2.57. The Kier molecular flexibility index (Phi) is 7.59. The average molecular weight is 470 g/mol. The first-order chi connectivity index (χ1) is 15.3. The van der Waals surface area contributed by atoms with Crippen LogP contribution in [-0.2, 0) is 9.59 Å². The van der Waals surface area contributed by atoms with E-state index in [4.69, 9.17) is 27.9 Å². The number of nitrogens with zero attached hydrogens (tertiary/aromatic N) is 1. The Morgan fingerprint density at radius 1 is 0.938 bits per heavy atom. The Bertz CT molecular complexity index is 1190. The van der Waals surface area contributed by atoms with Gasteiger partial charge in [0.15, 0.2) is 0 Å². The Balaban J connectivity index is 1.53. The molecule has 0 unspecified atom stereocenters. The number of esters is 1. The summed E-state index contributed by atoms with van der Waals surface area (Å²) >= 11 is 11.8. The van der Waals surface area contributed by atoms with Crippen LogP contribution < -0.4 is 15.5 Å². The smallest absolute Gasteiger partial charge is 0.343 e. The van der Waals surface area contributed by atoms with Gasteiger partial charge in [-0.25, -0.2) is 10.2 Å². The maximum atomic E-state index is 12.3. The quantitative estimate of drug-likeness (QED) is 0.187. The van der Waals surface area contributed by atoms with Crippen LogP contribution in [0, 0.1) is 6.92 Å². The number of hydrazone groups is 1. The van der Waals surface area contributed by atoms with Crippen LogP contribution in [0.1, 0.15) is 21.5 Å². The van der Waals surface area contributed by atoms with Crippen molar-refractivity contribution in [2.45, 2.75) is 6.92 Å². The maximum Gasteiger partial charge on any atom is 0.343 e. The van der Waals surface area contributed by atoms with Crippen LogP contribution in [-0.4, -0.2) is 24.0 Å². The number of anilines is 1. The van der Waals surface area contributed by atoms with Crippen molar-refractivity contribution < 1.29 is 19.1 Å². The van der Waals surface area contributed by atoms with Gasteiger partial charge in [-0.15, -0.1) is 0 Å². The SMILES string of the molecule is Cc1ccccc1C(=O)Oc1ccc(/C=N\NC(=O)C(=O)Nc2cc(Cl)ccc2Cl)cc1. The van der Waals surface area contributed by atoms with Crippen LogP contribution in [0.2, 0.25) is 10.0 Å². The van der Waals surface area contributed by atoms with Gasteiger partial charge in [0.1, 0.15) is 5.75 Å². The van der Waals surface area contributed by atoms with Gasteiger partial charge in [-0.05, 0) is 66.6 Å². The van der Waals surface area contributed by atoms with Crippen molar-refractivity contribution in [3.05, 3.63) is 93.5 Å². The first-order valence-electron chi connectivity index (χ1n) is 9.31. The van der Waals surface area contributed by atoms with Crippen molar-refractivity contribution in [2.75, 3.05) is 5.32 Å². The molecule has 3 aromatic carbocycles. The monoisotopic (exact) mass is 469 g/mol. The van der Waals surface area contributed by atoms with Gasteiger partial charge in [0.05, 0.1) is 22.5 Å². The molecule has 0 fully saturated rings. The van der Waals surface area contributed by atoms with Crippen LogP contribution in [0.4, 0.5) is 5.69 Å². The number of halogens is 2. The molecule has 9 heteroatoms. The molecule has 7 nitrogen and oxygen atoms in total. The summed E-state index contributed by atoms with van der Waals surface area (Å²) in [5, 5.41) is 6.69. The second-order valence-electron chi connectivity index (χ2n) is 6.55. The molecule has 162 valence electrons. The van der Waals surface area contributed by atoms with Crippen LogP contribution in [0.25, 0.3) is 0 Å². The van der Waals surface area contributed by atoms with Crippen molar-refractivity contribution >= 4 is 52.9 Å². The van der Waals surface area contributed by atoms with E-state index in [1.807, 2.05) is 19.1 Å². The topological polar surface area (TPSA) is 96.9 Å². The lowest BCUT2D eigenvalue weighted by Gasteiger charge is -2.07. The zero-order valence-electron chi connectivity index (χ0n) is 16.8. The van der Waals surface area contributed by atoms with E-state index < -0.39 is 17.8 Å². The van der Waals surface area contributed by atoms with Crippen molar-refractivity contribution in [2.24, 2.45) is 5.10 Å². The van der Waals surface area contributed by atoms with E-state index in [1.54, 1.807) is 42.5 Å². The van der Waals surface area contributed by atoms with Gasteiger partial charge in [0, 0.05) is 5.02 Å². The van der Waals surface area contributed by atoms with E-state index >= 15 is 0 Å². The molecule has 0 saturated heterocycles. The van der Waals surface area contributed by atoms with Gasteiger partial charge in [0.2, 0.25) is 0 Å². The molecule has 0 saturated carbocycles. The molecular weight excluding hydrogens is 453 g/mol. The number of hydrogen-bond donors (Lipinski definition) is 2. The average Bonchev–Trinajstić information content (AvgIpc) is 2.77. The molecule has 2 N–H and O–H groups in total. The molecule has 2 amide bonds. The van der Waals surface area contributed by atoms with Crippen molar-refractivity contribution in [3.63, 3.8) is 0 Å². The normalized spacial score (nSPS) is 10.6. The van der Waals surface area contributed by atoms with Gasteiger partial charge < -0.3 is 10.1 Å². The molecule has 0 aliphatic carbocycles. The minimum Gasteiger partial charge on any atom is -0.423 e. The Hall–Kier alpha value is -3.68. The minimum absolute atomic E-state index is 0.208. The molecule has 0 aliphatic heterocycles. The first-order valence-corrected chi connectivity index (χ1v) is 10.1. The van der Waals surface area contributed by atoms with Crippen LogP contribution in [0.15, 0.2) is 71.8 Å².